The van der Waals surface area contributed by atoms with Crippen LogP contribution in [0.4, 0.5) is 0 Å². The molecule has 0 aliphatic rings. The van der Waals surface area contributed by atoms with Gasteiger partial charge in [-0.1, -0.05) is 67.6 Å². The molecule has 0 saturated heterocycles. The van der Waals surface area contributed by atoms with Crippen LogP contribution in [0.15, 0.2) is 60.7 Å². The summed E-state index contributed by atoms with van der Waals surface area (Å²) in [6.07, 6.45) is 0. The van der Waals surface area contributed by atoms with E-state index in [1.807, 2.05) is 67.6 Å². The first kappa shape index (κ1) is 14.7. The lowest BCUT2D eigenvalue weighted by molar-refractivity contribution is -0.365. The van der Waals surface area contributed by atoms with Gasteiger partial charge in [-0.2, -0.15) is 0 Å². The van der Waals surface area contributed by atoms with E-state index in [2.05, 4.69) is 0 Å². The second-order valence-electron chi connectivity index (χ2n) is 4.74. The maximum atomic E-state index is 10.6. The molecule has 0 bridgehead atoms. The van der Waals surface area contributed by atoms with Crippen molar-refractivity contribution in [2.75, 3.05) is 7.11 Å². The van der Waals surface area contributed by atoms with Crippen molar-refractivity contribution in [1.82, 2.24) is 0 Å². The minimum atomic E-state index is -1.64. The van der Waals surface area contributed by atoms with E-state index in [0.29, 0.717) is 6.61 Å². The second-order valence-corrected chi connectivity index (χ2v) is 4.74. The summed E-state index contributed by atoms with van der Waals surface area (Å²) < 4.78 is 10.8. The predicted octanol–water partition coefficient (Wildman–Crippen LogP) is 3.30. The zero-order valence-electron chi connectivity index (χ0n) is 11.8. The van der Waals surface area contributed by atoms with Crippen molar-refractivity contribution >= 4 is 0 Å². The maximum absolute atomic E-state index is 10.6. The van der Waals surface area contributed by atoms with Gasteiger partial charge in [-0.3, -0.25) is 0 Å². The molecule has 0 unspecified atom stereocenters. The summed E-state index contributed by atoms with van der Waals surface area (Å²) in [5, 5.41) is 10.6. The lowest BCUT2D eigenvalue weighted by Gasteiger charge is -2.32. The second kappa shape index (κ2) is 6.66. The van der Waals surface area contributed by atoms with Crippen molar-refractivity contribution in [2.24, 2.45) is 0 Å². The topological polar surface area (TPSA) is 38.7 Å². The Morgan fingerprint density at radius 3 is 2.10 bits per heavy atom. The van der Waals surface area contributed by atoms with Crippen LogP contribution in [0.2, 0.25) is 0 Å². The molecule has 3 heteroatoms. The summed E-state index contributed by atoms with van der Waals surface area (Å²) in [4.78, 5) is 0. The smallest absolute Gasteiger partial charge is 0.287 e. The molecule has 0 radical (unpaired) electrons. The summed E-state index contributed by atoms with van der Waals surface area (Å²) >= 11 is 0. The van der Waals surface area contributed by atoms with E-state index in [9.17, 15) is 5.11 Å². The molecule has 20 heavy (non-hydrogen) atoms. The van der Waals surface area contributed by atoms with E-state index in [0.717, 1.165) is 11.1 Å². The lowest BCUT2D eigenvalue weighted by atomic mass is 9.99. The molecule has 0 fully saturated rings. The number of rotatable bonds is 6. The van der Waals surface area contributed by atoms with Gasteiger partial charge in [0.05, 0.1) is 12.5 Å². The number of aliphatic hydroxyl groups is 1. The van der Waals surface area contributed by atoms with Gasteiger partial charge in [0, 0.05) is 7.11 Å². The zero-order chi connectivity index (χ0) is 14.4. The summed E-state index contributed by atoms with van der Waals surface area (Å²) in [6.45, 7) is 2.17. The SMILES string of the molecule is CO[C@@](O)(OCc1ccccc1)[C@H](C)c1ccccc1. The Morgan fingerprint density at radius 2 is 1.55 bits per heavy atom. The molecule has 2 aromatic rings. The average Bonchev–Trinajstić information content (AvgIpc) is 2.53. The monoisotopic (exact) mass is 272 g/mol. The molecule has 106 valence electrons. The molecule has 2 atom stereocenters. The first-order valence-corrected chi connectivity index (χ1v) is 6.66. The Kier molecular flexibility index (Phi) is 4.90. The van der Waals surface area contributed by atoms with E-state index >= 15 is 0 Å². The average molecular weight is 272 g/mol. The number of ether oxygens (including phenoxy) is 2. The molecular weight excluding hydrogens is 252 g/mol. The third-order valence-electron chi connectivity index (χ3n) is 3.43. The van der Waals surface area contributed by atoms with Gasteiger partial charge in [-0.15, -0.1) is 0 Å². The van der Waals surface area contributed by atoms with Crippen LogP contribution in [0, 0.1) is 0 Å². The highest BCUT2D eigenvalue weighted by Gasteiger charge is 2.36. The van der Waals surface area contributed by atoms with E-state index < -0.39 is 5.97 Å². The number of methoxy groups -OCH3 is 1. The van der Waals surface area contributed by atoms with E-state index in [1.54, 1.807) is 0 Å². The quantitative estimate of drug-likeness (QED) is 0.820. The molecule has 0 amide bonds. The van der Waals surface area contributed by atoms with Gasteiger partial charge in [0.1, 0.15) is 0 Å². The van der Waals surface area contributed by atoms with Gasteiger partial charge in [0.15, 0.2) is 0 Å². The molecule has 2 aromatic carbocycles. The fourth-order valence-corrected chi connectivity index (χ4v) is 2.07. The Labute approximate surface area is 119 Å². The Hall–Kier alpha value is -1.68. The standard InChI is InChI=1S/C17H20O3/c1-14(16-11-7-4-8-12-16)17(18,19-2)20-13-15-9-5-3-6-10-15/h3-12,14,18H,13H2,1-2H3/t14-,17-/m1/s1. The van der Waals surface area contributed by atoms with Gasteiger partial charge < -0.3 is 14.6 Å². The van der Waals surface area contributed by atoms with Crippen LogP contribution in [0.3, 0.4) is 0 Å². The molecule has 0 aromatic heterocycles. The Morgan fingerprint density at radius 1 is 1.00 bits per heavy atom. The highest BCUT2D eigenvalue weighted by molar-refractivity contribution is 5.20. The van der Waals surface area contributed by atoms with Crippen LogP contribution in [-0.4, -0.2) is 18.2 Å². The van der Waals surface area contributed by atoms with Crippen LogP contribution < -0.4 is 0 Å². The largest absolute Gasteiger partial charge is 0.343 e. The highest BCUT2D eigenvalue weighted by atomic mass is 16.8. The van der Waals surface area contributed by atoms with Gasteiger partial charge in [-0.25, -0.2) is 0 Å². The molecular formula is C17H20O3. The highest BCUT2D eigenvalue weighted by Crippen LogP contribution is 2.30. The predicted molar refractivity (Wildman–Crippen MR) is 78.0 cm³/mol. The van der Waals surface area contributed by atoms with Crippen LogP contribution >= 0.6 is 0 Å². The third-order valence-corrected chi connectivity index (χ3v) is 3.43. The van der Waals surface area contributed by atoms with E-state index in [1.165, 1.54) is 7.11 Å². The Balaban J connectivity index is 2.09. The fourth-order valence-electron chi connectivity index (χ4n) is 2.07. The number of benzene rings is 2. The van der Waals surface area contributed by atoms with Crippen molar-refractivity contribution in [2.45, 2.75) is 25.4 Å². The summed E-state index contributed by atoms with van der Waals surface area (Å²) in [5.41, 5.74) is 1.95. The molecule has 0 saturated carbocycles. The van der Waals surface area contributed by atoms with Gasteiger partial charge in [-0.05, 0) is 11.1 Å². The van der Waals surface area contributed by atoms with Gasteiger partial charge in [0.25, 0.3) is 5.97 Å². The molecule has 3 nitrogen and oxygen atoms in total. The van der Waals surface area contributed by atoms with Crippen molar-refractivity contribution in [3.05, 3.63) is 71.8 Å². The third kappa shape index (κ3) is 3.45. The van der Waals surface area contributed by atoms with Crippen molar-refractivity contribution in [1.29, 1.82) is 0 Å². The van der Waals surface area contributed by atoms with Crippen LogP contribution in [-0.2, 0) is 16.1 Å². The molecule has 0 aliphatic heterocycles. The van der Waals surface area contributed by atoms with Gasteiger partial charge >= 0.3 is 0 Å². The molecule has 0 spiro atoms. The lowest BCUT2D eigenvalue weighted by Crippen LogP contribution is -2.40. The Bertz CT molecular complexity index is 512. The molecule has 2 rings (SSSR count). The van der Waals surface area contributed by atoms with E-state index in [4.69, 9.17) is 9.47 Å². The minimum Gasteiger partial charge on any atom is -0.343 e. The zero-order valence-corrected chi connectivity index (χ0v) is 11.8. The number of hydrogen-bond donors (Lipinski definition) is 1. The van der Waals surface area contributed by atoms with Gasteiger partial charge in [0.2, 0.25) is 0 Å². The summed E-state index contributed by atoms with van der Waals surface area (Å²) in [7, 11) is 1.45. The normalized spacial score (nSPS) is 15.6. The number of hydrogen-bond acceptors (Lipinski definition) is 3. The van der Waals surface area contributed by atoms with E-state index in [-0.39, 0.29) is 5.92 Å². The minimum absolute atomic E-state index is 0.294. The molecule has 1 N–H and O–H groups in total. The maximum Gasteiger partial charge on any atom is 0.287 e. The van der Waals surface area contributed by atoms with Crippen molar-refractivity contribution in [3.63, 3.8) is 0 Å². The van der Waals surface area contributed by atoms with Crippen molar-refractivity contribution in [3.8, 4) is 0 Å². The fraction of sp³-hybridized carbons (Fsp3) is 0.294. The summed E-state index contributed by atoms with van der Waals surface area (Å²) in [5.74, 6) is -1.94. The first-order chi connectivity index (χ1) is 9.65. The summed E-state index contributed by atoms with van der Waals surface area (Å²) in [6, 6.07) is 19.4. The first-order valence-electron chi connectivity index (χ1n) is 6.66. The molecule has 0 heterocycles. The van der Waals surface area contributed by atoms with Crippen LogP contribution in [0.1, 0.15) is 24.0 Å². The van der Waals surface area contributed by atoms with Crippen molar-refractivity contribution < 1.29 is 14.6 Å². The van der Waals surface area contributed by atoms with Crippen LogP contribution in [0.25, 0.3) is 0 Å². The van der Waals surface area contributed by atoms with Crippen LogP contribution in [0.5, 0.6) is 0 Å². The molecule has 0 aliphatic carbocycles.